The first kappa shape index (κ1) is 14.5. The highest BCUT2D eigenvalue weighted by Gasteiger charge is 2.26. The molecule has 1 aromatic rings. The predicted molar refractivity (Wildman–Crippen MR) is 80.0 cm³/mol. The van der Waals surface area contributed by atoms with Gasteiger partial charge in [-0.1, -0.05) is 50.1 Å². The van der Waals surface area contributed by atoms with E-state index < -0.39 is 0 Å². The van der Waals surface area contributed by atoms with Crippen LogP contribution in [0, 0.1) is 11.8 Å². The van der Waals surface area contributed by atoms with Crippen LogP contribution in [-0.4, -0.2) is 18.3 Å². The van der Waals surface area contributed by atoms with Gasteiger partial charge in [0.2, 0.25) is 0 Å². The topological polar surface area (TPSA) is 32.3 Å². The van der Waals surface area contributed by atoms with Crippen LogP contribution < -0.4 is 5.32 Å². The van der Waals surface area contributed by atoms with Crippen molar-refractivity contribution in [2.24, 2.45) is 11.8 Å². The van der Waals surface area contributed by atoms with Crippen molar-refractivity contribution in [3.05, 3.63) is 35.9 Å². The van der Waals surface area contributed by atoms with Crippen molar-refractivity contribution in [3.63, 3.8) is 0 Å². The molecule has 0 saturated heterocycles. The fraction of sp³-hybridized carbons (Fsp3) is 0.647. The maximum Gasteiger partial charge on any atom is 0.0434 e. The largest absolute Gasteiger partial charge is 0.396 e. The predicted octanol–water partition coefficient (Wildman–Crippen LogP) is 3.53. The van der Waals surface area contributed by atoms with Crippen LogP contribution in [0.2, 0.25) is 0 Å². The van der Waals surface area contributed by atoms with E-state index >= 15 is 0 Å². The molecule has 2 unspecified atom stereocenters. The average Bonchev–Trinajstić information content (AvgIpc) is 2.94. The summed E-state index contributed by atoms with van der Waals surface area (Å²) in [5, 5.41) is 12.8. The molecular formula is C17H27NO. The van der Waals surface area contributed by atoms with Gasteiger partial charge in [-0.15, -0.1) is 0 Å². The minimum Gasteiger partial charge on any atom is -0.396 e. The van der Waals surface area contributed by atoms with Crippen molar-refractivity contribution < 1.29 is 5.11 Å². The van der Waals surface area contributed by atoms with Crippen molar-refractivity contribution >= 4 is 0 Å². The van der Waals surface area contributed by atoms with Crippen LogP contribution in [0.3, 0.4) is 0 Å². The molecule has 1 saturated carbocycles. The number of aliphatic hydroxyl groups is 1. The molecule has 2 N–H and O–H groups in total. The summed E-state index contributed by atoms with van der Waals surface area (Å²) in [6.07, 6.45) is 6.34. The second-order valence-corrected chi connectivity index (χ2v) is 5.96. The molecule has 1 aromatic carbocycles. The molecule has 2 heteroatoms. The highest BCUT2D eigenvalue weighted by atomic mass is 16.3. The molecule has 2 atom stereocenters. The quantitative estimate of drug-likeness (QED) is 0.787. The lowest BCUT2D eigenvalue weighted by molar-refractivity contribution is 0.252. The Balaban J connectivity index is 1.98. The van der Waals surface area contributed by atoms with Gasteiger partial charge in [0.15, 0.2) is 0 Å². The monoisotopic (exact) mass is 261 g/mol. The van der Waals surface area contributed by atoms with Crippen molar-refractivity contribution in [1.29, 1.82) is 0 Å². The molecule has 0 aromatic heterocycles. The van der Waals surface area contributed by atoms with E-state index in [1.54, 1.807) is 0 Å². The van der Waals surface area contributed by atoms with Crippen LogP contribution in [-0.2, 0) is 0 Å². The lowest BCUT2D eigenvalue weighted by Crippen LogP contribution is -2.31. The number of aliphatic hydroxyl groups excluding tert-OH is 1. The second kappa shape index (κ2) is 7.66. The van der Waals surface area contributed by atoms with E-state index in [0.717, 1.165) is 18.9 Å². The van der Waals surface area contributed by atoms with E-state index in [0.29, 0.717) is 18.6 Å². The number of hydrogen-bond acceptors (Lipinski definition) is 2. The summed E-state index contributed by atoms with van der Waals surface area (Å²) < 4.78 is 0. The standard InChI is InChI=1S/C17H27NO/c1-14(11-12-19)13-18-17(16-9-5-6-10-16)15-7-3-2-4-8-15/h2-4,7-8,14,16-19H,5-6,9-13H2,1H3. The first-order valence-electron chi connectivity index (χ1n) is 7.70. The second-order valence-electron chi connectivity index (χ2n) is 5.96. The molecule has 0 heterocycles. The van der Waals surface area contributed by atoms with Crippen molar-refractivity contribution in [1.82, 2.24) is 5.32 Å². The normalized spacial score (nSPS) is 19.5. The zero-order valence-corrected chi connectivity index (χ0v) is 12.0. The van der Waals surface area contributed by atoms with Gasteiger partial charge in [-0.05, 0) is 43.2 Å². The van der Waals surface area contributed by atoms with Crippen LogP contribution in [0.5, 0.6) is 0 Å². The fourth-order valence-electron chi connectivity index (χ4n) is 3.16. The van der Waals surface area contributed by atoms with Gasteiger partial charge in [-0.25, -0.2) is 0 Å². The fourth-order valence-corrected chi connectivity index (χ4v) is 3.16. The van der Waals surface area contributed by atoms with Crippen LogP contribution in [0.15, 0.2) is 30.3 Å². The summed E-state index contributed by atoms with van der Waals surface area (Å²) in [5.74, 6) is 1.32. The molecule has 0 aliphatic heterocycles. The summed E-state index contributed by atoms with van der Waals surface area (Å²) in [7, 11) is 0. The van der Waals surface area contributed by atoms with E-state index in [1.165, 1.54) is 31.2 Å². The molecule has 1 aliphatic carbocycles. The molecule has 0 spiro atoms. The molecule has 1 aliphatic rings. The SMILES string of the molecule is CC(CCO)CNC(c1ccccc1)C1CCCC1. The minimum atomic E-state index is 0.294. The molecule has 106 valence electrons. The van der Waals surface area contributed by atoms with Crippen LogP contribution in [0.25, 0.3) is 0 Å². The van der Waals surface area contributed by atoms with Crippen LogP contribution >= 0.6 is 0 Å². The Morgan fingerprint density at radius 1 is 1.21 bits per heavy atom. The Morgan fingerprint density at radius 2 is 1.89 bits per heavy atom. The van der Waals surface area contributed by atoms with Crippen LogP contribution in [0.1, 0.15) is 50.6 Å². The first-order valence-corrected chi connectivity index (χ1v) is 7.70. The van der Waals surface area contributed by atoms with Crippen molar-refractivity contribution in [3.8, 4) is 0 Å². The molecular weight excluding hydrogens is 234 g/mol. The molecule has 0 amide bonds. The lowest BCUT2D eigenvalue weighted by Gasteiger charge is -2.27. The highest BCUT2D eigenvalue weighted by molar-refractivity contribution is 5.20. The Hall–Kier alpha value is -0.860. The third-order valence-electron chi connectivity index (χ3n) is 4.34. The number of hydrogen-bond donors (Lipinski definition) is 2. The van der Waals surface area contributed by atoms with Crippen molar-refractivity contribution in [2.75, 3.05) is 13.2 Å². The maximum atomic E-state index is 9.00. The average molecular weight is 261 g/mol. The summed E-state index contributed by atoms with van der Waals surface area (Å²) in [6.45, 7) is 3.50. The van der Waals surface area contributed by atoms with Gasteiger partial charge in [-0.3, -0.25) is 0 Å². The van der Waals surface area contributed by atoms with E-state index in [9.17, 15) is 0 Å². The van der Waals surface area contributed by atoms with Gasteiger partial charge in [0.05, 0.1) is 0 Å². The minimum absolute atomic E-state index is 0.294. The van der Waals surface area contributed by atoms with Gasteiger partial charge in [-0.2, -0.15) is 0 Å². The zero-order chi connectivity index (χ0) is 13.5. The molecule has 0 radical (unpaired) electrons. The van der Waals surface area contributed by atoms with Crippen LogP contribution in [0.4, 0.5) is 0 Å². The molecule has 19 heavy (non-hydrogen) atoms. The Labute approximate surface area is 117 Å². The van der Waals surface area contributed by atoms with Crippen molar-refractivity contribution in [2.45, 2.75) is 45.1 Å². The number of rotatable bonds is 7. The molecule has 2 rings (SSSR count). The highest BCUT2D eigenvalue weighted by Crippen LogP contribution is 2.35. The zero-order valence-electron chi connectivity index (χ0n) is 12.0. The summed E-state index contributed by atoms with van der Waals surface area (Å²) >= 11 is 0. The van der Waals surface area contributed by atoms with Gasteiger partial charge < -0.3 is 10.4 Å². The lowest BCUT2D eigenvalue weighted by atomic mass is 9.91. The Kier molecular flexibility index (Phi) is 5.87. The summed E-state index contributed by atoms with van der Waals surface area (Å²) in [5.41, 5.74) is 1.42. The maximum absolute atomic E-state index is 9.00. The van der Waals surface area contributed by atoms with E-state index in [2.05, 4.69) is 42.6 Å². The Morgan fingerprint density at radius 3 is 2.53 bits per heavy atom. The van der Waals surface area contributed by atoms with Gasteiger partial charge in [0.1, 0.15) is 0 Å². The summed E-state index contributed by atoms with van der Waals surface area (Å²) in [6, 6.07) is 11.3. The molecule has 0 bridgehead atoms. The first-order chi connectivity index (χ1) is 9.31. The summed E-state index contributed by atoms with van der Waals surface area (Å²) in [4.78, 5) is 0. The number of benzene rings is 1. The molecule has 2 nitrogen and oxygen atoms in total. The third-order valence-corrected chi connectivity index (χ3v) is 4.34. The van der Waals surface area contributed by atoms with Gasteiger partial charge in [0, 0.05) is 12.6 Å². The van der Waals surface area contributed by atoms with E-state index in [4.69, 9.17) is 5.11 Å². The number of nitrogens with one attached hydrogen (secondary N) is 1. The molecule has 1 fully saturated rings. The Bertz CT molecular complexity index is 346. The van der Waals surface area contributed by atoms with E-state index in [-0.39, 0.29) is 0 Å². The van der Waals surface area contributed by atoms with Gasteiger partial charge >= 0.3 is 0 Å². The smallest absolute Gasteiger partial charge is 0.0434 e. The van der Waals surface area contributed by atoms with Gasteiger partial charge in [0.25, 0.3) is 0 Å². The van der Waals surface area contributed by atoms with E-state index in [1.807, 2.05) is 0 Å². The third kappa shape index (κ3) is 4.32.